The van der Waals surface area contributed by atoms with E-state index in [4.69, 9.17) is 4.74 Å². The van der Waals surface area contributed by atoms with Crippen LogP contribution in [0.15, 0.2) is 35.3 Å². The van der Waals surface area contributed by atoms with Crippen LogP contribution in [-0.2, 0) is 9.53 Å². The number of amides is 1. The Kier molecular flexibility index (Phi) is 11.7. The summed E-state index contributed by atoms with van der Waals surface area (Å²) >= 11 is 0. The fourth-order valence-electron chi connectivity index (χ4n) is 4.36. The molecule has 0 radical (unpaired) electrons. The monoisotopic (exact) mass is 557 g/mol. The van der Waals surface area contributed by atoms with Crippen LogP contribution in [0, 0.1) is 0 Å². The highest BCUT2D eigenvalue weighted by atomic mass is 127. The molecular weight excluding hydrogens is 517 g/mol. The number of nitrogens with zero attached hydrogens (tertiary/aromatic N) is 4. The second-order valence-corrected chi connectivity index (χ2v) is 8.48. The lowest BCUT2D eigenvalue weighted by Gasteiger charge is -2.39. The molecule has 8 heteroatoms. The summed E-state index contributed by atoms with van der Waals surface area (Å²) in [5, 5.41) is 3.47. The molecular formula is C24H40IN5O2. The molecule has 3 rings (SSSR count). The Morgan fingerprint density at radius 3 is 2.31 bits per heavy atom. The Labute approximate surface area is 210 Å². The van der Waals surface area contributed by atoms with Crippen molar-refractivity contribution >= 4 is 35.8 Å². The van der Waals surface area contributed by atoms with Crippen LogP contribution in [0.2, 0.25) is 0 Å². The Bertz CT molecular complexity index is 704. The molecule has 1 aromatic carbocycles. The lowest BCUT2D eigenvalue weighted by Crippen LogP contribution is -2.57. The molecule has 1 aromatic rings. The lowest BCUT2D eigenvalue weighted by molar-refractivity contribution is -0.135. The third-order valence-electron chi connectivity index (χ3n) is 6.39. The molecule has 2 heterocycles. The fraction of sp³-hybridized carbons (Fsp3) is 0.667. The number of aliphatic imine (C=N–C) groups is 1. The van der Waals surface area contributed by atoms with Crippen molar-refractivity contribution in [1.29, 1.82) is 0 Å². The van der Waals surface area contributed by atoms with Gasteiger partial charge in [0.1, 0.15) is 0 Å². The minimum Gasteiger partial charge on any atom is -0.374 e. The van der Waals surface area contributed by atoms with Gasteiger partial charge in [0.2, 0.25) is 5.91 Å². The summed E-state index contributed by atoms with van der Waals surface area (Å²) in [6.45, 7) is 11.1. The summed E-state index contributed by atoms with van der Waals surface area (Å²) in [7, 11) is 1.84. The van der Waals surface area contributed by atoms with E-state index in [1.54, 1.807) is 0 Å². The first-order chi connectivity index (χ1) is 15.1. The Morgan fingerprint density at radius 1 is 1.03 bits per heavy atom. The van der Waals surface area contributed by atoms with Gasteiger partial charge >= 0.3 is 0 Å². The van der Waals surface area contributed by atoms with Crippen LogP contribution >= 0.6 is 24.0 Å². The van der Waals surface area contributed by atoms with E-state index in [0.717, 1.165) is 71.0 Å². The number of hydrogen-bond acceptors (Lipinski definition) is 4. The smallest absolute Gasteiger partial charge is 0.239 e. The van der Waals surface area contributed by atoms with Crippen molar-refractivity contribution in [1.82, 2.24) is 20.0 Å². The SMILES string of the molecule is CN=C(NCCCOC(C)c1ccccc1)N1CCN(C(C)C(=O)N2CCCC2)CC1.I. The van der Waals surface area contributed by atoms with E-state index < -0.39 is 0 Å². The molecule has 0 aliphatic carbocycles. The topological polar surface area (TPSA) is 60.4 Å². The van der Waals surface area contributed by atoms with E-state index in [1.807, 2.05) is 30.1 Å². The second-order valence-electron chi connectivity index (χ2n) is 8.48. The summed E-state index contributed by atoms with van der Waals surface area (Å²) < 4.78 is 5.96. The van der Waals surface area contributed by atoms with Gasteiger partial charge < -0.3 is 19.9 Å². The second kappa shape index (κ2) is 14.0. The molecule has 1 N–H and O–H groups in total. The van der Waals surface area contributed by atoms with Crippen LogP contribution in [0.5, 0.6) is 0 Å². The summed E-state index contributed by atoms with van der Waals surface area (Å²) in [5.41, 5.74) is 1.21. The van der Waals surface area contributed by atoms with Crippen molar-refractivity contribution in [2.45, 2.75) is 45.3 Å². The molecule has 0 saturated carbocycles. The van der Waals surface area contributed by atoms with Gasteiger partial charge in [-0.2, -0.15) is 0 Å². The number of benzene rings is 1. The number of carbonyl (C=O) groups excluding carboxylic acids is 1. The number of guanidine groups is 1. The Hall–Kier alpha value is -1.39. The molecule has 0 spiro atoms. The number of piperazine rings is 1. The molecule has 1 amide bonds. The predicted octanol–water partition coefficient (Wildman–Crippen LogP) is 2.98. The summed E-state index contributed by atoms with van der Waals surface area (Å²) in [6, 6.07) is 10.3. The summed E-state index contributed by atoms with van der Waals surface area (Å²) in [5.74, 6) is 1.23. The molecule has 2 aliphatic rings. The lowest BCUT2D eigenvalue weighted by atomic mass is 10.1. The minimum atomic E-state index is -0.0287. The van der Waals surface area contributed by atoms with E-state index in [0.29, 0.717) is 6.61 Å². The van der Waals surface area contributed by atoms with E-state index in [-0.39, 0.29) is 42.0 Å². The highest BCUT2D eigenvalue weighted by molar-refractivity contribution is 14.0. The number of carbonyl (C=O) groups is 1. The first-order valence-electron chi connectivity index (χ1n) is 11.7. The average molecular weight is 558 g/mol. The first-order valence-corrected chi connectivity index (χ1v) is 11.7. The first kappa shape index (κ1) is 26.9. The van der Waals surface area contributed by atoms with E-state index in [1.165, 1.54) is 5.56 Å². The van der Waals surface area contributed by atoms with E-state index >= 15 is 0 Å². The van der Waals surface area contributed by atoms with Crippen molar-refractivity contribution < 1.29 is 9.53 Å². The number of likely N-dealkylation sites (tertiary alicyclic amines) is 1. The number of ether oxygens (including phenoxy) is 1. The molecule has 180 valence electrons. The van der Waals surface area contributed by atoms with Crippen LogP contribution in [0.25, 0.3) is 0 Å². The largest absolute Gasteiger partial charge is 0.374 e. The van der Waals surface area contributed by atoms with Crippen molar-refractivity contribution in [2.24, 2.45) is 4.99 Å². The van der Waals surface area contributed by atoms with E-state index in [9.17, 15) is 4.79 Å². The Balaban J connectivity index is 0.00000363. The molecule has 2 saturated heterocycles. The molecule has 0 bridgehead atoms. The van der Waals surface area contributed by atoms with Crippen LogP contribution < -0.4 is 5.32 Å². The molecule has 2 aliphatic heterocycles. The maximum atomic E-state index is 12.7. The van der Waals surface area contributed by atoms with Gasteiger partial charge in [0.25, 0.3) is 0 Å². The van der Waals surface area contributed by atoms with Gasteiger partial charge in [-0.1, -0.05) is 30.3 Å². The third-order valence-corrected chi connectivity index (χ3v) is 6.39. The van der Waals surface area contributed by atoms with Crippen molar-refractivity contribution in [3.05, 3.63) is 35.9 Å². The number of hydrogen-bond donors (Lipinski definition) is 1. The van der Waals surface area contributed by atoms with Crippen LogP contribution in [0.4, 0.5) is 0 Å². The predicted molar refractivity (Wildman–Crippen MR) is 141 cm³/mol. The summed E-state index contributed by atoms with van der Waals surface area (Å²) in [4.78, 5) is 23.8. The highest BCUT2D eigenvalue weighted by Gasteiger charge is 2.30. The van der Waals surface area contributed by atoms with Gasteiger partial charge in [-0.15, -0.1) is 24.0 Å². The van der Waals surface area contributed by atoms with Crippen LogP contribution in [-0.4, -0.2) is 92.1 Å². The standard InChI is InChI=1S/C24H39N5O2.HI/c1-20(23(30)28-13-7-8-14-28)27-15-17-29(18-16-27)24(25-3)26-12-9-19-31-21(2)22-10-5-4-6-11-22;/h4-6,10-11,20-21H,7-9,12-19H2,1-3H3,(H,25,26);1H. The quantitative estimate of drug-likeness (QED) is 0.231. The zero-order valence-corrected chi connectivity index (χ0v) is 22.2. The molecule has 2 unspecified atom stereocenters. The summed E-state index contributed by atoms with van der Waals surface area (Å²) in [6.07, 6.45) is 3.32. The van der Waals surface area contributed by atoms with Gasteiger partial charge in [-0.05, 0) is 38.7 Å². The molecule has 7 nitrogen and oxygen atoms in total. The molecule has 2 fully saturated rings. The van der Waals surface area contributed by atoms with Gasteiger partial charge in [-0.3, -0.25) is 14.7 Å². The van der Waals surface area contributed by atoms with Gasteiger partial charge in [0, 0.05) is 59.5 Å². The van der Waals surface area contributed by atoms with Crippen LogP contribution in [0.3, 0.4) is 0 Å². The highest BCUT2D eigenvalue weighted by Crippen LogP contribution is 2.16. The van der Waals surface area contributed by atoms with E-state index in [2.05, 4.69) is 46.1 Å². The minimum absolute atomic E-state index is 0. The maximum absolute atomic E-state index is 12.7. The maximum Gasteiger partial charge on any atom is 0.239 e. The van der Waals surface area contributed by atoms with Gasteiger partial charge in [0.05, 0.1) is 12.1 Å². The number of rotatable bonds is 8. The van der Waals surface area contributed by atoms with Crippen molar-refractivity contribution in [3.8, 4) is 0 Å². The average Bonchev–Trinajstić information content (AvgIpc) is 3.36. The molecule has 0 aromatic heterocycles. The third kappa shape index (κ3) is 7.59. The van der Waals surface area contributed by atoms with Gasteiger partial charge in [0.15, 0.2) is 5.96 Å². The zero-order valence-electron chi connectivity index (χ0n) is 19.8. The van der Waals surface area contributed by atoms with Gasteiger partial charge in [-0.25, -0.2) is 0 Å². The van der Waals surface area contributed by atoms with Crippen LogP contribution in [0.1, 0.15) is 44.8 Å². The molecule has 32 heavy (non-hydrogen) atoms. The van der Waals surface area contributed by atoms with Crippen molar-refractivity contribution in [3.63, 3.8) is 0 Å². The zero-order chi connectivity index (χ0) is 22.1. The normalized spacial score (nSPS) is 19.4. The number of nitrogens with one attached hydrogen (secondary N) is 1. The van der Waals surface area contributed by atoms with Crippen molar-refractivity contribution in [2.75, 3.05) is 59.5 Å². The molecule has 2 atom stereocenters. The Morgan fingerprint density at radius 2 is 1.69 bits per heavy atom. The number of halogens is 1. The fourth-order valence-corrected chi connectivity index (χ4v) is 4.36.